The Bertz CT molecular complexity index is 462. The zero-order valence-electron chi connectivity index (χ0n) is 10.9. The molecule has 0 spiro atoms. The fraction of sp³-hybridized carbons (Fsp3) is 0.462. The molecule has 98 valence electrons. The molecular weight excluding hydrogens is 230 g/mol. The van der Waals surface area contributed by atoms with E-state index in [-0.39, 0.29) is 11.9 Å². The monoisotopic (exact) mass is 249 g/mol. The van der Waals surface area contributed by atoms with Gasteiger partial charge in [-0.2, -0.15) is 0 Å². The van der Waals surface area contributed by atoms with Gasteiger partial charge in [0.2, 0.25) is 5.91 Å². The Morgan fingerprint density at radius 3 is 2.94 bits per heavy atom. The Balaban J connectivity index is 2.23. The van der Waals surface area contributed by atoms with Gasteiger partial charge in [0, 0.05) is 37.1 Å². The van der Waals surface area contributed by atoms with Crippen molar-refractivity contribution in [1.82, 2.24) is 0 Å². The van der Waals surface area contributed by atoms with Crippen molar-refractivity contribution in [3.05, 3.63) is 23.8 Å². The molecule has 0 fully saturated rings. The first-order chi connectivity index (χ1) is 8.54. The van der Waals surface area contributed by atoms with Crippen LogP contribution in [-0.4, -0.2) is 32.7 Å². The van der Waals surface area contributed by atoms with Crippen LogP contribution >= 0.6 is 0 Å². The normalized spacial score (nSPS) is 19.3. The van der Waals surface area contributed by atoms with Gasteiger partial charge in [-0.3, -0.25) is 4.79 Å². The summed E-state index contributed by atoms with van der Waals surface area (Å²) in [6.45, 7) is 2.74. The van der Waals surface area contributed by atoms with Crippen LogP contribution in [0.5, 0.6) is 0 Å². The van der Waals surface area contributed by atoms with Gasteiger partial charge in [-0.15, -0.1) is 0 Å². The Kier molecular flexibility index (Phi) is 3.54. The lowest BCUT2D eigenvalue weighted by molar-refractivity contribution is -0.116. The minimum atomic E-state index is -0.546. The van der Waals surface area contributed by atoms with E-state index in [2.05, 4.69) is 17.1 Å². The number of nitrogens with zero attached hydrogens (tertiary/aromatic N) is 1. The van der Waals surface area contributed by atoms with Gasteiger partial charge in [0.1, 0.15) is 6.04 Å². The van der Waals surface area contributed by atoms with E-state index in [4.69, 9.17) is 10.5 Å². The second-order valence-electron chi connectivity index (χ2n) is 4.65. The van der Waals surface area contributed by atoms with Crippen molar-refractivity contribution in [3.8, 4) is 0 Å². The summed E-state index contributed by atoms with van der Waals surface area (Å²) in [5.74, 6) is -0.144. The lowest BCUT2D eigenvalue weighted by Crippen LogP contribution is -2.32. The zero-order chi connectivity index (χ0) is 13.3. The van der Waals surface area contributed by atoms with E-state index in [0.29, 0.717) is 6.61 Å². The summed E-state index contributed by atoms with van der Waals surface area (Å²) in [6.07, 6.45) is 0. The van der Waals surface area contributed by atoms with Crippen LogP contribution in [0, 0.1) is 0 Å². The molecule has 1 aromatic carbocycles. The van der Waals surface area contributed by atoms with E-state index in [1.54, 1.807) is 7.11 Å². The van der Waals surface area contributed by atoms with Crippen molar-refractivity contribution in [2.24, 2.45) is 5.73 Å². The third-order valence-corrected chi connectivity index (χ3v) is 3.39. The molecule has 0 radical (unpaired) electrons. The fourth-order valence-electron chi connectivity index (χ4n) is 2.10. The van der Waals surface area contributed by atoms with Gasteiger partial charge in [-0.05, 0) is 19.1 Å². The molecule has 1 heterocycles. The maximum atomic E-state index is 11.5. The number of anilines is 2. The van der Waals surface area contributed by atoms with Crippen molar-refractivity contribution in [2.45, 2.75) is 19.0 Å². The molecular formula is C13H19N3O2. The molecule has 0 saturated carbocycles. The van der Waals surface area contributed by atoms with Crippen LogP contribution in [0.2, 0.25) is 0 Å². The number of fused-ring (bicyclic) bond motifs is 1. The molecule has 5 nitrogen and oxygen atoms in total. The highest BCUT2D eigenvalue weighted by atomic mass is 16.5. The number of hydrogen-bond acceptors (Lipinski definition) is 4. The predicted molar refractivity (Wildman–Crippen MR) is 71.7 cm³/mol. The van der Waals surface area contributed by atoms with Crippen molar-refractivity contribution in [3.63, 3.8) is 0 Å². The van der Waals surface area contributed by atoms with Gasteiger partial charge in [-0.1, -0.05) is 6.07 Å². The molecule has 0 aliphatic carbocycles. The second-order valence-corrected chi connectivity index (χ2v) is 4.65. The minimum absolute atomic E-state index is 0.144. The first-order valence-electron chi connectivity index (χ1n) is 5.96. The van der Waals surface area contributed by atoms with Crippen molar-refractivity contribution in [2.75, 3.05) is 31.0 Å². The van der Waals surface area contributed by atoms with Crippen molar-refractivity contribution < 1.29 is 9.53 Å². The number of likely N-dealkylation sites (N-methyl/N-ethyl adjacent to an activating group) is 1. The molecule has 1 aliphatic rings. The van der Waals surface area contributed by atoms with E-state index in [1.807, 2.05) is 25.2 Å². The Morgan fingerprint density at radius 1 is 1.56 bits per heavy atom. The smallest absolute Gasteiger partial charge is 0.245 e. The van der Waals surface area contributed by atoms with Crippen LogP contribution in [0.3, 0.4) is 0 Å². The fourth-order valence-corrected chi connectivity index (χ4v) is 2.10. The van der Waals surface area contributed by atoms with E-state index in [1.165, 1.54) is 0 Å². The molecule has 0 bridgehead atoms. The Hall–Kier alpha value is -1.59. The van der Waals surface area contributed by atoms with Gasteiger partial charge in [0.15, 0.2) is 0 Å². The second kappa shape index (κ2) is 4.96. The number of rotatable bonds is 4. The summed E-state index contributed by atoms with van der Waals surface area (Å²) in [6, 6.07) is 5.55. The highest BCUT2D eigenvalue weighted by Gasteiger charge is 2.27. The van der Waals surface area contributed by atoms with Crippen LogP contribution < -0.4 is 16.0 Å². The van der Waals surface area contributed by atoms with E-state index in [0.717, 1.165) is 16.9 Å². The number of nitrogens with two attached hydrogens (primary N) is 1. The molecule has 1 aliphatic heterocycles. The van der Waals surface area contributed by atoms with Gasteiger partial charge in [0.25, 0.3) is 0 Å². The number of benzene rings is 1. The van der Waals surface area contributed by atoms with Crippen LogP contribution in [0.1, 0.15) is 18.5 Å². The summed E-state index contributed by atoms with van der Waals surface area (Å²) in [5, 5.41) is 2.79. The Labute approximate surface area is 107 Å². The number of ether oxygens (including phenoxy) is 1. The number of carbonyl (C=O) groups excluding carboxylic acids is 1. The van der Waals surface area contributed by atoms with Crippen LogP contribution in [0.15, 0.2) is 18.2 Å². The molecule has 5 heteroatoms. The highest BCUT2D eigenvalue weighted by Crippen LogP contribution is 2.32. The first kappa shape index (κ1) is 12.9. The van der Waals surface area contributed by atoms with E-state index < -0.39 is 6.04 Å². The van der Waals surface area contributed by atoms with Gasteiger partial charge >= 0.3 is 0 Å². The molecule has 3 N–H and O–H groups in total. The van der Waals surface area contributed by atoms with Crippen LogP contribution in [0.4, 0.5) is 11.4 Å². The minimum Gasteiger partial charge on any atom is -0.383 e. The molecule has 0 aromatic heterocycles. The SMILES string of the molecule is COCC(C)N(C)c1ccc2c(c1)NC(=O)C2N. The summed E-state index contributed by atoms with van der Waals surface area (Å²) in [4.78, 5) is 13.6. The number of methoxy groups -OCH3 is 1. The quantitative estimate of drug-likeness (QED) is 0.838. The molecule has 2 unspecified atom stereocenters. The maximum Gasteiger partial charge on any atom is 0.245 e. The van der Waals surface area contributed by atoms with Gasteiger partial charge < -0.3 is 20.7 Å². The summed E-state index contributed by atoms with van der Waals surface area (Å²) < 4.78 is 5.14. The predicted octanol–water partition coefficient (Wildman–Crippen LogP) is 1.11. The van der Waals surface area contributed by atoms with Crippen molar-refractivity contribution >= 4 is 17.3 Å². The number of hydrogen-bond donors (Lipinski definition) is 2. The largest absolute Gasteiger partial charge is 0.383 e. The zero-order valence-corrected chi connectivity index (χ0v) is 10.9. The summed E-state index contributed by atoms with van der Waals surface area (Å²) in [7, 11) is 3.69. The molecule has 18 heavy (non-hydrogen) atoms. The maximum absolute atomic E-state index is 11.5. The Morgan fingerprint density at radius 2 is 2.28 bits per heavy atom. The topological polar surface area (TPSA) is 67.6 Å². The number of carbonyl (C=O) groups is 1. The third kappa shape index (κ3) is 2.19. The molecule has 2 atom stereocenters. The highest BCUT2D eigenvalue weighted by molar-refractivity contribution is 6.02. The molecule has 1 aromatic rings. The lowest BCUT2D eigenvalue weighted by Gasteiger charge is -2.26. The van der Waals surface area contributed by atoms with Crippen LogP contribution in [-0.2, 0) is 9.53 Å². The standard InChI is InChI=1S/C13H19N3O2/c1-8(7-18-3)16(2)9-4-5-10-11(6-9)15-13(17)12(10)14/h4-6,8,12H,7,14H2,1-3H3,(H,15,17). The van der Waals surface area contributed by atoms with Gasteiger partial charge in [0.05, 0.1) is 6.61 Å². The summed E-state index contributed by atoms with van der Waals surface area (Å²) >= 11 is 0. The molecule has 2 rings (SSSR count). The van der Waals surface area contributed by atoms with E-state index >= 15 is 0 Å². The van der Waals surface area contributed by atoms with E-state index in [9.17, 15) is 4.79 Å². The number of nitrogens with one attached hydrogen (secondary N) is 1. The first-order valence-corrected chi connectivity index (χ1v) is 5.96. The average Bonchev–Trinajstić information content (AvgIpc) is 2.64. The molecule has 0 saturated heterocycles. The third-order valence-electron chi connectivity index (χ3n) is 3.39. The summed E-state index contributed by atoms with van der Waals surface area (Å²) in [5.41, 5.74) is 8.48. The van der Waals surface area contributed by atoms with Crippen LogP contribution in [0.25, 0.3) is 0 Å². The molecule has 1 amide bonds. The number of amides is 1. The lowest BCUT2D eigenvalue weighted by atomic mass is 10.1. The van der Waals surface area contributed by atoms with Crippen molar-refractivity contribution in [1.29, 1.82) is 0 Å². The average molecular weight is 249 g/mol. The van der Waals surface area contributed by atoms with Gasteiger partial charge in [-0.25, -0.2) is 0 Å².